The molecule has 1 aliphatic carbocycles. The van der Waals surface area contributed by atoms with Crippen LogP contribution < -0.4 is 5.32 Å². The third kappa shape index (κ3) is 4.23. The second kappa shape index (κ2) is 10.5. The molecule has 0 radical (unpaired) electrons. The van der Waals surface area contributed by atoms with Gasteiger partial charge in [-0.05, 0) is 68.0 Å². The van der Waals surface area contributed by atoms with Crippen molar-refractivity contribution in [2.45, 2.75) is 82.3 Å². The Hall–Kier alpha value is -3.99. The first-order valence-corrected chi connectivity index (χ1v) is 16.6. The van der Waals surface area contributed by atoms with Crippen LogP contribution in [0.5, 0.6) is 0 Å². The molecular formula is C36H41N5O5. The zero-order valence-corrected chi connectivity index (χ0v) is 26.6. The fourth-order valence-electron chi connectivity index (χ4n) is 8.73. The van der Waals surface area contributed by atoms with Crippen molar-refractivity contribution in [1.82, 2.24) is 24.6 Å². The van der Waals surface area contributed by atoms with Crippen LogP contribution >= 0.6 is 0 Å². The molecule has 1 aromatic heterocycles. The molecule has 240 valence electrons. The van der Waals surface area contributed by atoms with Crippen molar-refractivity contribution in [3.8, 4) is 0 Å². The number of piperazine rings is 1. The SMILES string of the molecule is CCCn1cc2c3c(cccc31)C1=C[C@@H](C(=O)N[C@]3(C)O[C@@]4(O)[C@@H]5CCCN5C(=O)[C@H](Cc5ccccc5)N4C3=O)CN(C)[C@@H]1C2. The molecule has 2 N–H and O–H groups in total. The summed E-state index contributed by atoms with van der Waals surface area (Å²) in [4.78, 5) is 47.2. The van der Waals surface area contributed by atoms with Crippen molar-refractivity contribution in [3.05, 3.63) is 77.5 Å². The molecule has 46 heavy (non-hydrogen) atoms. The van der Waals surface area contributed by atoms with Crippen molar-refractivity contribution >= 4 is 34.2 Å². The Balaban J connectivity index is 1.11. The molecule has 0 spiro atoms. The van der Waals surface area contributed by atoms with Crippen LogP contribution in [-0.2, 0) is 38.5 Å². The zero-order chi connectivity index (χ0) is 32.0. The number of rotatable bonds is 6. The quantitative estimate of drug-likeness (QED) is 0.438. The van der Waals surface area contributed by atoms with E-state index >= 15 is 0 Å². The summed E-state index contributed by atoms with van der Waals surface area (Å²) in [6.45, 7) is 5.61. The Morgan fingerprint density at radius 1 is 1.13 bits per heavy atom. The lowest BCUT2D eigenvalue weighted by atomic mass is 9.79. The van der Waals surface area contributed by atoms with Crippen molar-refractivity contribution in [1.29, 1.82) is 0 Å². The first-order valence-electron chi connectivity index (χ1n) is 16.6. The maximum atomic E-state index is 14.3. The van der Waals surface area contributed by atoms with Crippen LogP contribution in [0.4, 0.5) is 0 Å². The van der Waals surface area contributed by atoms with Gasteiger partial charge in [-0.1, -0.05) is 55.5 Å². The number of aryl methyl sites for hydroxylation is 1. The molecule has 10 nitrogen and oxygen atoms in total. The normalized spacial score (nSPS) is 32.0. The second-order valence-corrected chi connectivity index (χ2v) is 13.8. The van der Waals surface area contributed by atoms with Crippen molar-refractivity contribution in [2.24, 2.45) is 5.92 Å². The number of amides is 3. The molecule has 0 bridgehead atoms. The largest absolute Gasteiger partial charge is 0.347 e. The van der Waals surface area contributed by atoms with Crippen LogP contribution in [0.25, 0.3) is 16.5 Å². The number of aliphatic hydroxyl groups is 1. The lowest BCUT2D eigenvalue weighted by Crippen LogP contribution is -2.71. The smallest absolute Gasteiger partial charge is 0.280 e. The van der Waals surface area contributed by atoms with Gasteiger partial charge in [0.05, 0.1) is 5.92 Å². The number of benzene rings is 2. The summed E-state index contributed by atoms with van der Waals surface area (Å²) in [6.07, 6.45) is 7.70. The number of ether oxygens (including phenoxy) is 1. The van der Waals surface area contributed by atoms with Gasteiger partial charge in [0.15, 0.2) is 0 Å². The number of nitrogens with zero attached hydrogens (tertiary/aromatic N) is 4. The van der Waals surface area contributed by atoms with Crippen LogP contribution in [0.15, 0.2) is 60.8 Å². The number of nitrogens with one attached hydrogen (secondary N) is 1. The summed E-state index contributed by atoms with van der Waals surface area (Å²) < 4.78 is 8.60. The molecule has 4 aliphatic heterocycles. The molecule has 10 heteroatoms. The average Bonchev–Trinajstić information content (AvgIpc) is 3.72. The number of hydrogen-bond acceptors (Lipinski definition) is 6. The lowest BCUT2D eigenvalue weighted by Gasteiger charge is -2.48. The van der Waals surface area contributed by atoms with Gasteiger partial charge in [0.25, 0.3) is 11.8 Å². The molecular weight excluding hydrogens is 582 g/mol. The van der Waals surface area contributed by atoms with E-state index in [1.807, 2.05) is 37.4 Å². The van der Waals surface area contributed by atoms with E-state index in [1.165, 1.54) is 28.3 Å². The van der Waals surface area contributed by atoms with Gasteiger partial charge in [-0.15, -0.1) is 0 Å². The van der Waals surface area contributed by atoms with Crippen LogP contribution in [0.1, 0.15) is 49.8 Å². The highest BCUT2D eigenvalue weighted by molar-refractivity contribution is 6.01. The van der Waals surface area contributed by atoms with E-state index in [0.29, 0.717) is 25.9 Å². The van der Waals surface area contributed by atoms with Gasteiger partial charge in [-0.25, -0.2) is 0 Å². The Kier molecular flexibility index (Phi) is 6.72. The van der Waals surface area contributed by atoms with Gasteiger partial charge >= 0.3 is 0 Å². The molecule has 6 atom stereocenters. The summed E-state index contributed by atoms with van der Waals surface area (Å²) in [5, 5.41) is 16.3. The Labute approximate surface area is 268 Å². The molecule has 3 aromatic rings. The van der Waals surface area contributed by atoms with Gasteiger partial charge in [0, 0.05) is 49.2 Å². The lowest BCUT2D eigenvalue weighted by molar-refractivity contribution is -0.315. The highest BCUT2D eigenvalue weighted by atomic mass is 16.7. The summed E-state index contributed by atoms with van der Waals surface area (Å²) >= 11 is 0. The van der Waals surface area contributed by atoms with E-state index in [9.17, 15) is 19.5 Å². The first kappa shape index (κ1) is 29.4. The summed E-state index contributed by atoms with van der Waals surface area (Å²) in [7, 11) is 2.04. The Morgan fingerprint density at radius 3 is 2.72 bits per heavy atom. The van der Waals surface area contributed by atoms with Crippen LogP contribution in [0.2, 0.25) is 0 Å². The minimum Gasteiger partial charge on any atom is -0.347 e. The second-order valence-electron chi connectivity index (χ2n) is 13.8. The molecule has 0 unspecified atom stereocenters. The number of aromatic nitrogens is 1. The van der Waals surface area contributed by atoms with Crippen LogP contribution in [-0.4, -0.2) is 92.0 Å². The Bertz CT molecular complexity index is 1790. The number of hydrogen-bond donors (Lipinski definition) is 2. The zero-order valence-electron chi connectivity index (χ0n) is 26.6. The maximum Gasteiger partial charge on any atom is 0.280 e. The van der Waals surface area contributed by atoms with Crippen molar-refractivity contribution in [3.63, 3.8) is 0 Å². The van der Waals surface area contributed by atoms with Crippen LogP contribution in [0, 0.1) is 5.92 Å². The number of fused-ring (bicyclic) bond motifs is 5. The highest BCUT2D eigenvalue weighted by Gasteiger charge is 2.70. The van der Waals surface area contributed by atoms with E-state index in [-0.39, 0.29) is 24.3 Å². The topological polar surface area (TPSA) is 107 Å². The van der Waals surface area contributed by atoms with E-state index in [1.54, 1.807) is 4.90 Å². The third-order valence-electron chi connectivity index (χ3n) is 10.8. The summed E-state index contributed by atoms with van der Waals surface area (Å²) in [5.41, 5.74) is 3.84. The van der Waals surface area contributed by atoms with E-state index in [0.717, 1.165) is 36.1 Å². The molecule has 8 rings (SSSR count). The van der Waals surface area contributed by atoms with E-state index < -0.39 is 35.5 Å². The highest BCUT2D eigenvalue weighted by Crippen LogP contribution is 2.46. The minimum atomic E-state index is -2.04. The molecule has 5 aliphatic rings. The fraction of sp³-hybridized carbons (Fsp3) is 0.472. The van der Waals surface area contributed by atoms with Gasteiger partial charge in [-0.3, -0.25) is 28.9 Å². The van der Waals surface area contributed by atoms with E-state index in [2.05, 4.69) is 52.2 Å². The third-order valence-corrected chi connectivity index (χ3v) is 10.8. The summed E-state index contributed by atoms with van der Waals surface area (Å²) in [6, 6.07) is 14.4. The molecule has 3 fully saturated rings. The summed E-state index contributed by atoms with van der Waals surface area (Å²) in [5.74, 6) is -3.75. The number of carbonyl (C=O) groups is 3. The standard InChI is InChI=1S/C36H41N5O5/c1-4-15-39-21-23-19-28-26(25-12-8-13-27(39)31(23)25)18-24(20-38(28)3)32(42)37-35(2)34(44)41-29(17-22-10-6-5-7-11-22)33(43)40-16-9-14-30(40)36(41,45)46-35/h5-8,10-13,18,21,24,28-30,45H,4,9,14-17,19-20H2,1-3H3,(H,37,42)/t24-,28-,29+,30+,35-,36+/m1/s1. The molecule has 2 aromatic carbocycles. The molecule has 0 saturated carbocycles. The van der Waals surface area contributed by atoms with E-state index in [4.69, 9.17) is 4.74 Å². The molecule has 3 saturated heterocycles. The van der Waals surface area contributed by atoms with Crippen molar-refractivity contribution in [2.75, 3.05) is 20.1 Å². The molecule has 5 heterocycles. The van der Waals surface area contributed by atoms with Crippen LogP contribution in [0.3, 0.4) is 0 Å². The predicted molar refractivity (Wildman–Crippen MR) is 172 cm³/mol. The average molecular weight is 624 g/mol. The number of likely N-dealkylation sites (N-methyl/N-ethyl adjacent to an activating group) is 1. The minimum absolute atomic E-state index is 0.146. The Morgan fingerprint density at radius 2 is 1.93 bits per heavy atom. The van der Waals surface area contributed by atoms with Gasteiger partial charge in [0.1, 0.15) is 12.1 Å². The fourth-order valence-corrected chi connectivity index (χ4v) is 8.73. The predicted octanol–water partition coefficient (Wildman–Crippen LogP) is 2.87. The van der Waals surface area contributed by atoms with Crippen molar-refractivity contribution < 1.29 is 24.2 Å². The number of carbonyl (C=O) groups excluding carboxylic acids is 3. The first-order chi connectivity index (χ1) is 22.1. The van der Waals surface area contributed by atoms with Gasteiger partial charge in [0.2, 0.25) is 17.5 Å². The molecule has 3 amide bonds. The van der Waals surface area contributed by atoms with Gasteiger partial charge < -0.3 is 19.9 Å². The monoisotopic (exact) mass is 623 g/mol. The maximum absolute atomic E-state index is 14.3. The van der Waals surface area contributed by atoms with Gasteiger partial charge in [-0.2, -0.15) is 0 Å².